The van der Waals surface area contributed by atoms with Gasteiger partial charge in [-0.2, -0.15) is 0 Å². The molecule has 138 valence electrons. The number of hydrogen-bond acceptors (Lipinski definition) is 3. The van der Waals surface area contributed by atoms with Crippen LogP contribution < -0.4 is 4.74 Å². The number of carbonyl (C=O) groups is 1. The number of aliphatic carboxylic acids is 1. The van der Waals surface area contributed by atoms with Gasteiger partial charge in [-0.1, -0.05) is 35.3 Å². The summed E-state index contributed by atoms with van der Waals surface area (Å²) in [5.74, 6) is -1.27. The first kappa shape index (κ1) is 19.0. The maximum atomic E-state index is 14.3. The van der Waals surface area contributed by atoms with Gasteiger partial charge in [0.2, 0.25) is 0 Å². The fraction of sp³-hybridized carbons (Fsp3) is 0.316. The molecule has 7 heteroatoms. The summed E-state index contributed by atoms with van der Waals surface area (Å²) >= 11 is 12.4. The van der Waals surface area contributed by atoms with Gasteiger partial charge in [-0.05, 0) is 48.2 Å². The molecule has 1 aliphatic rings. The summed E-state index contributed by atoms with van der Waals surface area (Å²) in [6, 6.07) is 8.54. The first-order valence-electron chi connectivity index (χ1n) is 8.19. The van der Waals surface area contributed by atoms with Crippen LogP contribution in [0.25, 0.3) is 0 Å². The lowest BCUT2D eigenvalue weighted by Crippen LogP contribution is -2.39. The minimum Gasteiger partial charge on any atom is -0.494 e. The summed E-state index contributed by atoms with van der Waals surface area (Å²) < 4.78 is 19.3. The van der Waals surface area contributed by atoms with Crippen molar-refractivity contribution in [2.24, 2.45) is 0 Å². The molecular formula is C19H18Cl2FNO3. The molecule has 0 amide bonds. The third-order valence-electron chi connectivity index (χ3n) is 4.66. The number of nitrogens with zero attached hydrogens (tertiary/aromatic N) is 1. The summed E-state index contributed by atoms with van der Waals surface area (Å²) in [7, 11) is 1.40. The van der Waals surface area contributed by atoms with E-state index in [0.29, 0.717) is 34.1 Å². The van der Waals surface area contributed by atoms with E-state index in [4.69, 9.17) is 27.9 Å². The molecular weight excluding hydrogens is 380 g/mol. The van der Waals surface area contributed by atoms with Crippen LogP contribution in [-0.2, 0) is 4.79 Å². The molecule has 3 rings (SSSR count). The number of halogens is 3. The number of carboxylic acid groups (broad SMARTS) is 1. The number of ether oxygens (including phenoxy) is 1. The van der Waals surface area contributed by atoms with E-state index < -0.39 is 23.9 Å². The van der Waals surface area contributed by atoms with Crippen molar-refractivity contribution in [2.45, 2.75) is 24.9 Å². The summed E-state index contributed by atoms with van der Waals surface area (Å²) in [6.07, 6.45) is 1.28. The van der Waals surface area contributed by atoms with Crippen molar-refractivity contribution < 1.29 is 19.0 Å². The maximum Gasteiger partial charge on any atom is 0.320 e. The van der Waals surface area contributed by atoms with Gasteiger partial charge in [0.15, 0.2) is 11.6 Å². The van der Waals surface area contributed by atoms with E-state index in [9.17, 15) is 14.3 Å². The molecule has 4 nitrogen and oxygen atoms in total. The number of benzene rings is 2. The SMILES string of the molecule is COc1ccc(C(c2ccc(Cl)cc2Cl)N2CCCC2C(=O)O)cc1F. The number of hydrogen-bond donors (Lipinski definition) is 1. The smallest absolute Gasteiger partial charge is 0.320 e. The van der Waals surface area contributed by atoms with Crippen LogP contribution in [0.4, 0.5) is 4.39 Å². The van der Waals surface area contributed by atoms with Crippen LogP contribution in [0, 0.1) is 5.82 Å². The molecule has 1 aliphatic heterocycles. The van der Waals surface area contributed by atoms with Crippen LogP contribution in [0.15, 0.2) is 36.4 Å². The molecule has 0 bridgehead atoms. The lowest BCUT2D eigenvalue weighted by molar-refractivity contribution is -0.142. The molecule has 26 heavy (non-hydrogen) atoms. The van der Waals surface area contributed by atoms with Crippen molar-refractivity contribution in [3.05, 3.63) is 63.4 Å². The average Bonchev–Trinajstić information content (AvgIpc) is 3.07. The topological polar surface area (TPSA) is 49.8 Å². The molecule has 2 unspecified atom stereocenters. The number of likely N-dealkylation sites (tertiary alicyclic amines) is 1. The highest BCUT2D eigenvalue weighted by molar-refractivity contribution is 6.35. The lowest BCUT2D eigenvalue weighted by Gasteiger charge is -2.32. The van der Waals surface area contributed by atoms with Gasteiger partial charge in [0.05, 0.1) is 13.2 Å². The molecule has 2 atom stereocenters. The molecule has 1 N–H and O–H groups in total. The highest BCUT2D eigenvalue weighted by Gasteiger charge is 2.37. The Balaban J connectivity index is 2.13. The zero-order valence-corrected chi connectivity index (χ0v) is 15.6. The minimum absolute atomic E-state index is 0.130. The Kier molecular flexibility index (Phi) is 5.70. The molecule has 1 fully saturated rings. The van der Waals surface area contributed by atoms with Crippen LogP contribution in [0.1, 0.15) is 30.0 Å². The third kappa shape index (κ3) is 3.65. The second-order valence-electron chi connectivity index (χ2n) is 6.20. The van der Waals surface area contributed by atoms with Crippen molar-refractivity contribution in [3.8, 4) is 5.75 Å². The van der Waals surface area contributed by atoms with E-state index >= 15 is 0 Å². The molecule has 0 aliphatic carbocycles. The van der Waals surface area contributed by atoms with Crippen molar-refractivity contribution in [1.29, 1.82) is 0 Å². The predicted octanol–water partition coefficient (Wildman–Crippen LogP) is 4.78. The van der Waals surface area contributed by atoms with Crippen molar-refractivity contribution in [1.82, 2.24) is 4.90 Å². The van der Waals surface area contributed by atoms with Gasteiger partial charge in [-0.15, -0.1) is 0 Å². The first-order valence-corrected chi connectivity index (χ1v) is 8.95. The number of methoxy groups -OCH3 is 1. The molecule has 1 saturated heterocycles. The van der Waals surface area contributed by atoms with Crippen LogP contribution in [-0.4, -0.2) is 35.7 Å². The number of carboxylic acids is 1. The molecule has 0 radical (unpaired) electrons. The third-order valence-corrected chi connectivity index (χ3v) is 5.22. The largest absolute Gasteiger partial charge is 0.494 e. The maximum absolute atomic E-state index is 14.3. The van der Waals surface area contributed by atoms with Gasteiger partial charge >= 0.3 is 5.97 Å². The Labute approximate surface area is 161 Å². The van der Waals surface area contributed by atoms with Crippen LogP contribution in [0.5, 0.6) is 5.75 Å². The Morgan fingerprint density at radius 1 is 1.31 bits per heavy atom. The van der Waals surface area contributed by atoms with Gasteiger partial charge in [-0.25, -0.2) is 4.39 Å². The van der Waals surface area contributed by atoms with Gasteiger partial charge in [-0.3, -0.25) is 9.69 Å². The fourth-order valence-electron chi connectivity index (χ4n) is 3.49. The quantitative estimate of drug-likeness (QED) is 0.788. The highest BCUT2D eigenvalue weighted by atomic mass is 35.5. The summed E-state index contributed by atoms with van der Waals surface area (Å²) in [6.45, 7) is 0.578. The summed E-state index contributed by atoms with van der Waals surface area (Å²) in [5, 5.41) is 10.5. The number of rotatable bonds is 5. The van der Waals surface area contributed by atoms with E-state index in [-0.39, 0.29) is 5.75 Å². The second-order valence-corrected chi connectivity index (χ2v) is 7.04. The van der Waals surface area contributed by atoms with Gasteiger partial charge < -0.3 is 9.84 Å². The van der Waals surface area contributed by atoms with E-state index in [1.54, 1.807) is 24.3 Å². The minimum atomic E-state index is -0.897. The van der Waals surface area contributed by atoms with Crippen LogP contribution in [0.3, 0.4) is 0 Å². The summed E-state index contributed by atoms with van der Waals surface area (Å²) in [5.41, 5.74) is 1.30. The van der Waals surface area contributed by atoms with E-state index in [0.717, 1.165) is 6.42 Å². The van der Waals surface area contributed by atoms with E-state index in [1.165, 1.54) is 19.2 Å². The summed E-state index contributed by atoms with van der Waals surface area (Å²) in [4.78, 5) is 13.5. The standard InChI is InChI=1S/C19H18Cl2FNO3/c1-26-17-7-4-11(9-15(17)22)18(13-6-5-12(20)10-14(13)21)23-8-2-3-16(23)19(24)25/h4-7,9-10,16,18H,2-3,8H2,1H3,(H,24,25). The lowest BCUT2D eigenvalue weighted by atomic mass is 9.96. The zero-order chi connectivity index (χ0) is 18.8. The molecule has 0 aromatic heterocycles. The van der Waals surface area contributed by atoms with Crippen LogP contribution in [0.2, 0.25) is 10.0 Å². The van der Waals surface area contributed by atoms with Crippen molar-refractivity contribution in [2.75, 3.05) is 13.7 Å². The predicted molar refractivity (Wildman–Crippen MR) is 98.6 cm³/mol. The van der Waals surface area contributed by atoms with Gasteiger partial charge in [0.25, 0.3) is 0 Å². The Bertz CT molecular complexity index is 830. The molecule has 0 saturated carbocycles. The van der Waals surface area contributed by atoms with Crippen molar-refractivity contribution >= 4 is 29.2 Å². The van der Waals surface area contributed by atoms with Gasteiger partial charge in [0, 0.05) is 16.6 Å². The monoisotopic (exact) mass is 397 g/mol. The Hall–Kier alpha value is -1.82. The normalized spacial score (nSPS) is 18.7. The second kappa shape index (κ2) is 7.82. The Morgan fingerprint density at radius 3 is 2.69 bits per heavy atom. The first-order chi connectivity index (χ1) is 12.4. The molecule has 2 aromatic rings. The Morgan fingerprint density at radius 2 is 2.08 bits per heavy atom. The fourth-order valence-corrected chi connectivity index (χ4v) is 4.00. The molecule has 1 heterocycles. The van der Waals surface area contributed by atoms with Crippen molar-refractivity contribution in [3.63, 3.8) is 0 Å². The van der Waals surface area contributed by atoms with Crippen LogP contribution >= 0.6 is 23.2 Å². The zero-order valence-electron chi connectivity index (χ0n) is 14.1. The molecule has 0 spiro atoms. The van der Waals surface area contributed by atoms with Gasteiger partial charge in [0.1, 0.15) is 6.04 Å². The van der Waals surface area contributed by atoms with E-state index in [1.807, 2.05) is 4.90 Å². The average molecular weight is 398 g/mol. The van der Waals surface area contributed by atoms with E-state index in [2.05, 4.69) is 0 Å². The molecule has 2 aromatic carbocycles. The highest BCUT2D eigenvalue weighted by Crippen LogP contribution is 2.39.